The van der Waals surface area contributed by atoms with E-state index in [-0.39, 0.29) is 0 Å². The molecular formula is C14H15N5O. The molecule has 2 aromatic heterocycles. The SMILES string of the molecule is COc1ccc(Nc2nnc3nc(C)cc(C)n23)cc1. The molecular weight excluding hydrogens is 254 g/mol. The summed E-state index contributed by atoms with van der Waals surface area (Å²) in [7, 11) is 1.64. The number of hydrogen-bond donors (Lipinski definition) is 1. The Morgan fingerprint density at radius 1 is 1.10 bits per heavy atom. The van der Waals surface area contributed by atoms with Crippen LogP contribution in [-0.2, 0) is 0 Å². The van der Waals surface area contributed by atoms with Gasteiger partial charge in [0.1, 0.15) is 5.75 Å². The molecule has 0 bridgehead atoms. The molecule has 0 spiro atoms. The van der Waals surface area contributed by atoms with Gasteiger partial charge in [0, 0.05) is 17.1 Å². The highest BCUT2D eigenvalue weighted by Gasteiger charge is 2.09. The number of ether oxygens (including phenoxy) is 1. The maximum Gasteiger partial charge on any atom is 0.256 e. The van der Waals surface area contributed by atoms with Crippen LogP contribution in [0.4, 0.5) is 11.6 Å². The van der Waals surface area contributed by atoms with Crippen LogP contribution < -0.4 is 10.1 Å². The summed E-state index contributed by atoms with van der Waals surface area (Å²) in [5.41, 5.74) is 2.88. The van der Waals surface area contributed by atoms with Gasteiger partial charge in [-0.05, 0) is 44.2 Å². The van der Waals surface area contributed by atoms with E-state index in [0.717, 1.165) is 22.8 Å². The second-order valence-corrected chi connectivity index (χ2v) is 4.55. The molecule has 0 saturated carbocycles. The van der Waals surface area contributed by atoms with Crippen LogP contribution in [0, 0.1) is 13.8 Å². The van der Waals surface area contributed by atoms with E-state index in [4.69, 9.17) is 4.74 Å². The largest absolute Gasteiger partial charge is 0.497 e. The molecule has 3 aromatic rings. The molecule has 1 aromatic carbocycles. The average molecular weight is 269 g/mol. The van der Waals surface area contributed by atoms with E-state index >= 15 is 0 Å². The molecule has 0 aliphatic carbocycles. The van der Waals surface area contributed by atoms with Gasteiger partial charge in [0.2, 0.25) is 5.95 Å². The van der Waals surface area contributed by atoms with Crippen molar-refractivity contribution in [2.24, 2.45) is 0 Å². The number of nitrogens with one attached hydrogen (secondary N) is 1. The van der Waals surface area contributed by atoms with Gasteiger partial charge < -0.3 is 10.1 Å². The van der Waals surface area contributed by atoms with Crippen LogP contribution in [0.3, 0.4) is 0 Å². The molecule has 0 saturated heterocycles. The predicted octanol–water partition coefficient (Wildman–Crippen LogP) is 2.49. The van der Waals surface area contributed by atoms with Crippen molar-refractivity contribution < 1.29 is 4.74 Å². The Balaban J connectivity index is 1.98. The lowest BCUT2D eigenvalue weighted by atomic mass is 10.3. The molecule has 1 N–H and O–H groups in total. The monoisotopic (exact) mass is 269 g/mol. The summed E-state index contributed by atoms with van der Waals surface area (Å²) < 4.78 is 7.02. The third-order valence-electron chi connectivity index (χ3n) is 3.04. The third-order valence-corrected chi connectivity index (χ3v) is 3.04. The van der Waals surface area contributed by atoms with Crippen molar-refractivity contribution in [3.8, 4) is 5.75 Å². The van der Waals surface area contributed by atoms with Gasteiger partial charge in [-0.15, -0.1) is 10.2 Å². The normalized spacial score (nSPS) is 10.8. The molecule has 0 amide bonds. The summed E-state index contributed by atoms with van der Waals surface area (Å²) >= 11 is 0. The van der Waals surface area contributed by atoms with Crippen molar-refractivity contribution in [1.29, 1.82) is 0 Å². The van der Waals surface area contributed by atoms with Gasteiger partial charge in [0.05, 0.1) is 7.11 Å². The van der Waals surface area contributed by atoms with E-state index in [0.29, 0.717) is 11.7 Å². The molecule has 6 nitrogen and oxygen atoms in total. The number of aryl methyl sites for hydroxylation is 2. The number of aromatic nitrogens is 4. The second kappa shape index (κ2) is 4.80. The number of rotatable bonds is 3. The van der Waals surface area contributed by atoms with Gasteiger partial charge in [-0.1, -0.05) is 0 Å². The van der Waals surface area contributed by atoms with E-state index in [1.54, 1.807) is 7.11 Å². The molecule has 3 rings (SSSR count). The summed E-state index contributed by atoms with van der Waals surface area (Å²) in [6.45, 7) is 3.95. The Morgan fingerprint density at radius 2 is 1.85 bits per heavy atom. The Kier molecular flexibility index (Phi) is 2.98. The van der Waals surface area contributed by atoms with Gasteiger partial charge in [-0.25, -0.2) is 9.38 Å². The first-order valence-corrected chi connectivity index (χ1v) is 6.28. The van der Waals surface area contributed by atoms with Gasteiger partial charge in [0.15, 0.2) is 0 Å². The van der Waals surface area contributed by atoms with Gasteiger partial charge >= 0.3 is 0 Å². The maximum atomic E-state index is 5.14. The Bertz CT molecular complexity index is 748. The van der Waals surface area contributed by atoms with E-state index < -0.39 is 0 Å². The zero-order valence-corrected chi connectivity index (χ0v) is 11.6. The Morgan fingerprint density at radius 3 is 2.55 bits per heavy atom. The highest BCUT2D eigenvalue weighted by Crippen LogP contribution is 2.20. The van der Waals surface area contributed by atoms with Crippen LogP contribution in [0.25, 0.3) is 5.78 Å². The van der Waals surface area contributed by atoms with Crippen molar-refractivity contribution in [2.75, 3.05) is 12.4 Å². The average Bonchev–Trinajstić information content (AvgIpc) is 2.82. The van der Waals surface area contributed by atoms with Gasteiger partial charge in [-0.2, -0.15) is 0 Å². The molecule has 0 aliphatic rings. The first-order valence-electron chi connectivity index (χ1n) is 6.28. The highest BCUT2D eigenvalue weighted by atomic mass is 16.5. The summed E-state index contributed by atoms with van der Waals surface area (Å²) in [5.74, 6) is 2.06. The standard InChI is InChI=1S/C14H15N5O/c1-9-8-10(2)19-13(15-9)17-18-14(19)16-11-4-6-12(20-3)7-5-11/h4-8H,1-3H3,(H,16,18). The van der Waals surface area contributed by atoms with Crippen molar-refractivity contribution in [3.05, 3.63) is 41.7 Å². The fraction of sp³-hybridized carbons (Fsp3) is 0.214. The molecule has 0 atom stereocenters. The summed E-state index contributed by atoms with van der Waals surface area (Å²) in [5, 5.41) is 11.5. The van der Waals surface area contributed by atoms with Crippen LogP contribution in [0.15, 0.2) is 30.3 Å². The van der Waals surface area contributed by atoms with Crippen molar-refractivity contribution in [1.82, 2.24) is 19.6 Å². The zero-order valence-electron chi connectivity index (χ0n) is 11.6. The van der Waals surface area contributed by atoms with E-state index in [2.05, 4.69) is 20.5 Å². The van der Waals surface area contributed by atoms with Crippen molar-refractivity contribution >= 4 is 17.4 Å². The van der Waals surface area contributed by atoms with E-state index in [1.807, 2.05) is 48.6 Å². The van der Waals surface area contributed by atoms with Crippen LogP contribution in [0.1, 0.15) is 11.4 Å². The smallest absolute Gasteiger partial charge is 0.256 e. The molecule has 0 radical (unpaired) electrons. The maximum absolute atomic E-state index is 5.14. The minimum atomic E-state index is 0.596. The van der Waals surface area contributed by atoms with Crippen LogP contribution >= 0.6 is 0 Å². The number of anilines is 2. The summed E-state index contributed by atoms with van der Waals surface area (Å²) in [6.07, 6.45) is 0. The lowest BCUT2D eigenvalue weighted by Gasteiger charge is -2.07. The minimum Gasteiger partial charge on any atom is -0.497 e. The van der Waals surface area contributed by atoms with Gasteiger partial charge in [-0.3, -0.25) is 0 Å². The summed E-state index contributed by atoms with van der Waals surface area (Å²) in [6, 6.07) is 9.63. The molecule has 102 valence electrons. The predicted molar refractivity (Wildman–Crippen MR) is 76.5 cm³/mol. The molecule has 0 aliphatic heterocycles. The number of benzene rings is 1. The van der Waals surface area contributed by atoms with Crippen LogP contribution in [0.2, 0.25) is 0 Å². The first kappa shape index (κ1) is 12.4. The first-order chi connectivity index (χ1) is 9.67. The number of methoxy groups -OCH3 is 1. The van der Waals surface area contributed by atoms with E-state index in [1.165, 1.54) is 0 Å². The van der Waals surface area contributed by atoms with Crippen LogP contribution in [-0.4, -0.2) is 26.7 Å². The van der Waals surface area contributed by atoms with Crippen molar-refractivity contribution in [2.45, 2.75) is 13.8 Å². The number of fused-ring (bicyclic) bond motifs is 1. The molecule has 6 heteroatoms. The third kappa shape index (κ3) is 2.16. The quantitative estimate of drug-likeness (QED) is 0.791. The number of hydrogen-bond acceptors (Lipinski definition) is 5. The minimum absolute atomic E-state index is 0.596. The van der Waals surface area contributed by atoms with Crippen molar-refractivity contribution in [3.63, 3.8) is 0 Å². The second-order valence-electron chi connectivity index (χ2n) is 4.55. The molecule has 0 fully saturated rings. The number of nitrogens with zero attached hydrogens (tertiary/aromatic N) is 4. The van der Waals surface area contributed by atoms with Gasteiger partial charge in [0.25, 0.3) is 5.78 Å². The fourth-order valence-electron chi connectivity index (χ4n) is 2.11. The summed E-state index contributed by atoms with van der Waals surface area (Å²) in [4.78, 5) is 4.36. The van der Waals surface area contributed by atoms with E-state index in [9.17, 15) is 0 Å². The molecule has 20 heavy (non-hydrogen) atoms. The van der Waals surface area contributed by atoms with Crippen LogP contribution in [0.5, 0.6) is 5.75 Å². The highest BCUT2D eigenvalue weighted by molar-refractivity contribution is 5.57. The lowest BCUT2D eigenvalue weighted by Crippen LogP contribution is -2.01. The topological polar surface area (TPSA) is 64.3 Å². The Labute approximate surface area is 116 Å². The Hall–Kier alpha value is -2.63. The molecule has 0 unspecified atom stereocenters. The zero-order chi connectivity index (χ0) is 14.1. The fourth-order valence-corrected chi connectivity index (χ4v) is 2.11. The molecule has 2 heterocycles. The lowest BCUT2D eigenvalue weighted by molar-refractivity contribution is 0.415.